The van der Waals surface area contributed by atoms with Crippen LogP contribution in [0.3, 0.4) is 0 Å². The molecule has 1 fully saturated rings. The predicted molar refractivity (Wildman–Crippen MR) is 93.6 cm³/mol. The Labute approximate surface area is 150 Å². The van der Waals surface area contributed by atoms with Crippen LogP contribution >= 0.6 is 11.6 Å². The summed E-state index contributed by atoms with van der Waals surface area (Å²) in [4.78, 5) is 11.7. The molecule has 0 aromatic heterocycles. The van der Waals surface area contributed by atoms with Gasteiger partial charge in [0.15, 0.2) is 0 Å². The van der Waals surface area contributed by atoms with Crippen LogP contribution in [0.1, 0.15) is 27.6 Å². The topological polar surface area (TPSA) is 27.7 Å². The van der Waals surface area contributed by atoms with Crippen molar-refractivity contribution in [2.75, 3.05) is 0 Å². The highest BCUT2D eigenvalue weighted by Gasteiger charge is 2.64. The summed E-state index contributed by atoms with van der Waals surface area (Å²) in [5, 5.41) is -0.537. The minimum absolute atomic E-state index is 0.537. The van der Waals surface area contributed by atoms with E-state index < -0.39 is 17.0 Å². The zero-order valence-corrected chi connectivity index (χ0v) is 14.0. The van der Waals surface area contributed by atoms with Gasteiger partial charge >= 0.3 is 0 Å². The number of hydrogen-bond acceptors (Lipinski definition) is 3. The fraction of sp³-hybridized carbons (Fsp3) is 0.143. The molecule has 4 heteroatoms. The SMILES string of the molecule is ClC1c2ccccc2C2(c3ccccc3)OOC1(c1ccccc1)O2. The van der Waals surface area contributed by atoms with E-state index >= 15 is 0 Å². The molecule has 0 aliphatic carbocycles. The second kappa shape index (κ2) is 5.41. The third-order valence-electron chi connectivity index (χ3n) is 4.83. The van der Waals surface area contributed by atoms with E-state index in [0.717, 1.165) is 22.3 Å². The maximum atomic E-state index is 6.85. The molecule has 0 spiro atoms. The van der Waals surface area contributed by atoms with Crippen LogP contribution < -0.4 is 0 Å². The first kappa shape index (κ1) is 15.1. The molecule has 124 valence electrons. The van der Waals surface area contributed by atoms with E-state index in [-0.39, 0.29) is 0 Å². The van der Waals surface area contributed by atoms with Crippen molar-refractivity contribution < 1.29 is 14.5 Å². The second-order valence-electron chi connectivity index (χ2n) is 6.23. The third-order valence-corrected chi connectivity index (χ3v) is 5.35. The van der Waals surface area contributed by atoms with E-state index in [4.69, 9.17) is 26.1 Å². The van der Waals surface area contributed by atoms with Crippen molar-refractivity contribution in [1.29, 1.82) is 0 Å². The molecule has 0 saturated carbocycles. The monoisotopic (exact) mass is 350 g/mol. The van der Waals surface area contributed by atoms with Gasteiger partial charge in [-0.3, -0.25) is 4.74 Å². The fourth-order valence-electron chi connectivity index (χ4n) is 3.63. The summed E-state index contributed by atoms with van der Waals surface area (Å²) >= 11 is 6.85. The zero-order valence-electron chi connectivity index (χ0n) is 13.3. The molecule has 3 aromatic carbocycles. The lowest BCUT2D eigenvalue weighted by atomic mass is 9.84. The van der Waals surface area contributed by atoms with Crippen LogP contribution in [0.5, 0.6) is 0 Å². The van der Waals surface area contributed by atoms with Gasteiger partial charge in [-0.15, -0.1) is 11.6 Å². The maximum absolute atomic E-state index is 6.85. The van der Waals surface area contributed by atoms with Crippen molar-refractivity contribution in [2.24, 2.45) is 0 Å². The van der Waals surface area contributed by atoms with Gasteiger partial charge in [0.2, 0.25) is 0 Å². The van der Waals surface area contributed by atoms with Crippen molar-refractivity contribution in [3.63, 3.8) is 0 Å². The minimum atomic E-state index is -1.20. The van der Waals surface area contributed by atoms with E-state index in [0.29, 0.717) is 0 Å². The number of fused-ring (bicyclic) bond motifs is 4. The second-order valence-corrected chi connectivity index (χ2v) is 6.67. The molecule has 2 aliphatic heterocycles. The molecule has 3 unspecified atom stereocenters. The largest absolute Gasteiger partial charge is 0.298 e. The van der Waals surface area contributed by atoms with Gasteiger partial charge in [0.05, 0.1) is 0 Å². The Hall–Kier alpha value is -2.17. The first-order valence-corrected chi connectivity index (χ1v) is 8.61. The van der Waals surface area contributed by atoms with E-state index in [1.807, 2.05) is 84.9 Å². The highest BCUT2D eigenvalue weighted by Crippen LogP contribution is 2.61. The van der Waals surface area contributed by atoms with Gasteiger partial charge in [0.25, 0.3) is 11.6 Å². The van der Waals surface area contributed by atoms with Gasteiger partial charge in [-0.05, 0) is 5.56 Å². The standard InChI is InChI=1S/C21H15ClO3/c22-19-17-13-7-8-14-18(17)20(15-9-3-1-4-10-15)23-21(19,25-24-20)16-11-5-2-6-12-16/h1-14,19H. The van der Waals surface area contributed by atoms with Crippen molar-refractivity contribution in [2.45, 2.75) is 17.0 Å². The molecule has 0 amide bonds. The van der Waals surface area contributed by atoms with Crippen LogP contribution in [0.2, 0.25) is 0 Å². The van der Waals surface area contributed by atoms with E-state index in [1.54, 1.807) is 0 Å². The average molecular weight is 351 g/mol. The Morgan fingerprint density at radius 3 is 2.00 bits per heavy atom. The van der Waals surface area contributed by atoms with Crippen molar-refractivity contribution in [1.82, 2.24) is 0 Å². The molecule has 3 nitrogen and oxygen atoms in total. The molecular weight excluding hydrogens is 336 g/mol. The van der Waals surface area contributed by atoms with Crippen molar-refractivity contribution in [3.8, 4) is 0 Å². The predicted octanol–water partition coefficient (Wildman–Crippen LogP) is 5.01. The van der Waals surface area contributed by atoms with Gasteiger partial charge in [0.1, 0.15) is 5.38 Å². The van der Waals surface area contributed by atoms with Gasteiger partial charge < -0.3 is 0 Å². The van der Waals surface area contributed by atoms with Crippen LogP contribution in [0.15, 0.2) is 84.9 Å². The molecule has 1 saturated heterocycles. The summed E-state index contributed by atoms with van der Waals surface area (Å²) in [5.41, 5.74) is 3.50. The molecule has 3 aromatic rings. The molecular formula is C21H15ClO3. The lowest BCUT2D eigenvalue weighted by molar-refractivity contribution is -0.347. The quantitative estimate of drug-likeness (QED) is 0.480. The molecule has 2 bridgehead atoms. The third kappa shape index (κ3) is 1.98. The highest BCUT2D eigenvalue weighted by atomic mass is 35.5. The molecule has 0 radical (unpaired) electrons. The first-order chi connectivity index (χ1) is 12.3. The summed E-state index contributed by atoms with van der Waals surface area (Å²) < 4.78 is 6.51. The van der Waals surface area contributed by atoms with Gasteiger partial charge in [-0.25, -0.2) is 0 Å². The summed E-state index contributed by atoms with van der Waals surface area (Å²) in [6, 6.07) is 27.4. The normalized spacial score (nSPS) is 30.0. The summed E-state index contributed by atoms with van der Waals surface area (Å²) in [5.74, 6) is -2.34. The Kier molecular flexibility index (Phi) is 3.27. The Bertz CT molecular complexity index is 915. The van der Waals surface area contributed by atoms with Gasteiger partial charge in [0, 0.05) is 16.7 Å². The molecule has 0 N–H and O–H groups in total. The van der Waals surface area contributed by atoms with Crippen LogP contribution in [0, 0.1) is 0 Å². The average Bonchev–Trinajstić information content (AvgIpc) is 3.08. The van der Waals surface area contributed by atoms with E-state index in [1.165, 1.54) is 0 Å². The summed E-state index contributed by atoms with van der Waals surface area (Å²) in [6.45, 7) is 0. The van der Waals surface area contributed by atoms with Crippen LogP contribution in [0.4, 0.5) is 0 Å². The number of benzene rings is 3. The molecule has 25 heavy (non-hydrogen) atoms. The molecule has 3 atom stereocenters. The number of alkyl halides is 1. The molecule has 5 rings (SSSR count). The summed E-state index contributed by atoms with van der Waals surface area (Å²) in [7, 11) is 0. The van der Waals surface area contributed by atoms with Crippen molar-refractivity contribution >= 4 is 11.6 Å². The van der Waals surface area contributed by atoms with E-state index in [9.17, 15) is 0 Å². The summed E-state index contributed by atoms with van der Waals surface area (Å²) in [6.07, 6.45) is 0. The Balaban J connectivity index is 1.78. The Morgan fingerprint density at radius 2 is 1.28 bits per heavy atom. The molecule has 2 heterocycles. The van der Waals surface area contributed by atoms with Gasteiger partial charge in [-0.1, -0.05) is 84.9 Å². The fourth-order valence-corrected chi connectivity index (χ4v) is 4.03. The number of ether oxygens (including phenoxy) is 1. The van der Waals surface area contributed by atoms with Crippen LogP contribution in [0.25, 0.3) is 0 Å². The first-order valence-electron chi connectivity index (χ1n) is 8.18. The molecule has 2 aliphatic rings. The van der Waals surface area contributed by atoms with E-state index in [2.05, 4.69) is 0 Å². The number of rotatable bonds is 2. The lowest BCUT2D eigenvalue weighted by Crippen LogP contribution is -2.42. The minimum Gasteiger partial charge on any atom is -0.298 e. The number of halogens is 1. The highest BCUT2D eigenvalue weighted by molar-refractivity contribution is 6.21. The van der Waals surface area contributed by atoms with Crippen molar-refractivity contribution in [3.05, 3.63) is 107 Å². The Morgan fingerprint density at radius 1 is 0.680 bits per heavy atom. The van der Waals surface area contributed by atoms with Crippen LogP contribution in [-0.2, 0) is 26.1 Å². The van der Waals surface area contributed by atoms with Gasteiger partial charge in [-0.2, -0.15) is 9.78 Å². The smallest absolute Gasteiger partial charge is 0.257 e. The maximum Gasteiger partial charge on any atom is 0.257 e. The lowest BCUT2D eigenvalue weighted by Gasteiger charge is -2.39. The zero-order chi connectivity index (χ0) is 16.9. The number of hydrogen-bond donors (Lipinski definition) is 0. The van der Waals surface area contributed by atoms with Crippen LogP contribution in [-0.4, -0.2) is 0 Å².